The van der Waals surface area contributed by atoms with E-state index >= 15 is 0 Å². The van der Waals surface area contributed by atoms with Gasteiger partial charge in [-0.25, -0.2) is 4.98 Å². The van der Waals surface area contributed by atoms with Crippen molar-refractivity contribution < 1.29 is 4.79 Å². The van der Waals surface area contributed by atoms with Gasteiger partial charge in [0.1, 0.15) is 4.83 Å². The summed E-state index contributed by atoms with van der Waals surface area (Å²) in [5.41, 5.74) is 0.651. The molecule has 3 rings (SSSR count). The van der Waals surface area contributed by atoms with Crippen molar-refractivity contribution in [2.45, 2.75) is 51.0 Å². The summed E-state index contributed by atoms with van der Waals surface area (Å²) < 4.78 is 1.45. The summed E-state index contributed by atoms with van der Waals surface area (Å²) in [6, 6.07) is 0. The van der Waals surface area contributed by atoms with Crippen molar-refractivity contribution in [3.8, 4) is 0 Å². The Labute approximate surface area is 158 Å². The molecule has 2 heterocycles. The van der Waals surface area contributed by atoms with Gasteiger partial charge in [-0.05, 0) is 39.4 Å². The fraction of sp³-hybridized carbons (Fsp3) is 0.632. The third-order valence-electron chi connectivity index (χ3n) is 5.78. The van der Waals surface area contributed by atoms with Gasteiger partial charge < -0.3 is 14.8 Å². The average Bonchev–Trinajstić information content (AvgIpc) is 2.80. The van der Waals surface area contributed by atoms with Crippen LogP contribution >= 0.6 is 11.3 Å². The number of aryl methyl sites for hydroxylation is 2. The van der Waals surface area contributed by atoms with E-state index in [0.717, 1.165) is 18.4 Å². The van der Waals surface area contributed by atoms with E-state index in [1.165, 1.54) is 47.9 Å². The molecule has 1 N–H and O–H groups in total. The molecule has 1 saturated carbocycles. The van der Waals surface area contributed by atoms with E-state index in [1.807, 2.05) is 6.92 Å². The number of hydrogen-bond donors (Lipinski definition) is 1. The molecule has 1 fully saturated rings. The van der Waals surface area contributed by atoms with Crippen LogP contribution in [0.1, 0.15) is 53.8 Å². The van der Waals surface area contributed by atoms with Crippen LogP contribution in [0.5, 0.6) is 0 Å². The minimum Gasteiger partial charge on any atom is -0.349 e. The summed E-state index contributed by atoms with van der Waals surface area (Å²) in [4.78, 5) is 33.0. The number of likely N-dealkylation sites (N-methyl/N-ethyl adjacent to an activating group) is 1. The Kier molecular flexibility index (Phi) is 5.48. The van der Waals surface area contributed by atoms with Gasteiger partial charge in [0.15, 0.2) is 0 Å². The predicted molar refractivity (Wildman–Crippen MR) is 106 cm³/mol. The third-order valence-corrected chi connectivity index (χ3v) is 6.98. The summed E-state index contributed by atoms with van der Waals surface area (Å²) in [7, 11) is 5.89. The number of nitrogens with zero attached hydrogens (tertiary/aromatic N) is 3. The molecule has 142 valence electrons. The van der Waals surface area contributed by atoms with Gasteiger partial charge in [-0.1, -0.05) is 25.7 Å². The van der Waals surface area contributed by atoms with E-state index < -0.39 is 0 Å². The molecule has 0 spiro atoms. The highest BCUT2D eigenvalue weighted by Crippen LogP contribution is 2.31. The van der Waals surface area contributed by atoms with Crippen LogP contribution in [0.2, 0.25) is 0 Å². The highest BCUT2D eigenvalue weighted by molar-refractivity contribution is 7.20. The zero-order valence-corrected chi connectivity index (χ0v) is 16.9. The molecule has 1 aliphatic rings. The number of hydrogen-bond acceptors (Lipinski definition) is 5. The summed E-state index contributed by atoms with van der Waals surface area (Å²) in [5.74, 6) is -0.0991. The van der Waals surface area contributed by atoms with Crippen LogP contribution in [0.3, 0.4) is 0 Å². The van der Waals surface area contributed by atoms with Crippen LogP contribution in [-0.4, -0.2) is 46.5 Å². The topological polar surface area (TPSA) is 67.2 Å². The normalized spacial score (nSPS) is 17.4. The Hall–Kier alpha value is -1.73. The lowest BCUT2D eigenvalue weighted by molar-refractivity contribution is 0.0872. The van der Waals surface area contributed by atoms with Gasteiger partial charge in [0, 0.05) is 19.1 Å². The predicted octanol–water partition coefficient (Wildman–Crippen LogP) is 2.69. The number of rotatable bonds is 4. The molecule has 0 atom stereocenters. The molecular weight excluding hydrogens is 348 g/mol. The Morgan fingerprint density at radius 3 is 2.58 bits per heavy atom. The zero-order chi connectivity index (χ0) is 18.9. The lowest BCUT2D eigenvalue weighted by Gasteiger charge is -2.39. The highest BCUT2D eigenvalue weighted by Gasteiger charge is 2.34. The molecule has 6 nitrogen and oxygen atoms in total. The number of thiophene rings is 1. The second-order valence-corrected chi connectivity index (χ2v) is 8.61. The molecule has 1 amide bonds. The van der Waals surface area contributed by atoms with Gasteiger partial charge in [0.05, 0.1) is 16.6 Å². The third kappa shape index (κ3) is 3.42. The van der Waals surface area contributed by atoms with Crippen LogP contribution in [0.25, 0.3) is 10.2 Å². The van der Waals surface area contributed by atoms with E-state index in [4.69, 9.17) is 0 Å². The number of carbonyl (C=O) groups excluding carboxylic acids is 1. The van der Waals surface area contributed by atoms with Crippen molar-refractivity contribution in [2.24, 2.45) is 7.05 Å². The van der Waals surface area contributed by atoms with Gasteiger partial charge >= 0.3 is 0 Å². The second-order valence-electron chi connectivity index (χ2n) is 7.61. The molecule has 7 heteroatoms. The average molecular weight is 377 g/mol. The first-order chi connectivity index (χ1) is 12.4. The Morgan fingerprint density at radius 2 is 1.96 bits per heavy atom. The van der Waals surface area contributed by atoms with Gasteiger partial charge in [0.25, 0.3) is 11.5 Å². The van der Waals surface area contributed by atoms with Gasteiger partial charge in [-0.3, -0.25) is 9.59 Å². The molecule has 2 aromatic rings. The van der Waals surface area contributed by atoms with Crippen LogP contribution in [-0.2, 0) is 7.05 Å². The molecular formula is C19H28N4O2S. The largest absolute Gasteiger partial charge is 0.349 e. The van der Waals surface area contributed by atoms with E-state index in [-0.39, 0.29) is 17.0 Å². The summed E-state index contributed by atoms with van der Waals surface area (Å²) in [6.45, 7) is 2.47. The summed E-state index contributed by atoms with van der Waals surface area (Å²) >= 11 is 1.30. The monoisotopic (exact) mass is 376 g/mol. The zero-order valence-electron chi connectivity index (χ0n) is 16.1. The first-order valence-corrected chi connectivity index (χ1v) is 10.1. The minimum absolute atomic E-state index is 0.0190. The van der Waals surface area contributed by atoms with Crippen molar-refractivity contribution >= 4 is 27.5 Å². The van der Waals surface area contributed by atoms with Crippen LogP contribution in [0.4, 0.5) is 0 Å². The number of amides is 1. The van der Waals surface area contributed by atoms with E-state index in [9.17, 15) is 9.59 Å². The number of nitrogens with one attached hydrogen (secondary N) is 1. The first kappa shape index (κ1) is 19.0. The van der Waals surface area contributed by atoms with E-state index in [1.54, 1.807) is 7.05 Å². The van der Waals surface area contributed by atoms with Gasteiger partial charge in [-0.2, -0.15) is 0 Å². The number of carbonyl (C=O) groups is 1. The standard InChI is InChI=1S/C19H28N4O2S/c1-13-14-17(21-12-23(4)18(14)25)26-15(13)16(24)20-11-19(22(2)3)9-7-5-6-8-10-19/h12H,5-11H2,1-4H3,(H,20,24). The molecule has 26 heavy (non-hydrogen) atoms. The van der Waals surface area contributed by atoms with Crippen molar-refractivity contribution in [1.29, 1.82) is 0 Å². The number of fused-ring (bicyclic) bond motifs is 1. The molecule has 0 radical (unpaired) electrons. The second kappa shape index (κ2) is 7.48. The van der Waals surface area contributed by atoms with Gasteiger partial charge in [0.2, 0.25) is 0 Å². The first-order valence-electron chi connectivity index (χ1n) is 9.26. The van der Waals surface area contributed by atoms with E-state index in [0.29, 0.717) is 21.6 Å². The van der Waals surface area contributed by atoms with Crippen molar-refractivity contribution in [3.05, 3.63) is 27.1 Å². The minimum atomic E-state index is -0.101. The molecule has 0 saturated heterocycles. The Balaban J connectivity index is 1.84. The maximum Gasteiger partial charge on any atom is 0.262 e. The van der Waals surface area contributed by atoms with Crippen molar-refractivity contribution in [2.75, 3.05) is 20.6 Å². The summed E-state index contributed by atoms with van der Waals surface area (Å²) in [5, 5.41) is 3.71. The highest BCUT2D eigenvalue weighted by atomic mass is 32.1. The molecule has 2 aromatic heterocycles. The summed E-state index contributed by atoms with van der Waals surface area (Å²) in [6.07, 6.45) is 8.67. The maximum atomic E-state index is 12.9. The Morgan fingerprint density at radius 1 is 1.31 bits per heavy atom. The lowest BCUT2D eigenvalue weighted by atomic mass is 9.88. The quantitative estimate of drug-likeness (QED) is 0.833. The molecule has 0 unspecified atom stereocenters. The van der Waals surface area contributed by atoms with E-state index in [2.05, 4.69) is 29.3 Å². The maximum absolute atomic E-state index is 12.9. The molecule has 0 bridgehead atoms. The van der Waals surface area contributed by atoms with Crippen LogP contribution in [0, 0.1) is 6.92 Å². The van der Waals surface area contributed by atoms with Crippen LogP contribution in [0.15, 0.2) is 11.1 Å². The fourth-order valence-electron chi connectivity index (χ4n) is 3.92. The fourth-order valence-corrected chi connectivity index (χ4v) is 4.97. The SMILES string of the molecule is Cc1c(C(=O)NCC2(N(C)C)CCCCCC2)sc2ncn(C)c(=O)c12. The Bertz CT molecular complexity index is 860. The number of aromatic nitrogens is 2. The van der Waals surface area contributed by atoms with Crippen molar-refractivity contribution in [1.82, 2.24) is 19.8 Å². The van der Waals surface area contributed by atoms with Crippen molar-refractivity contribution in [3.63, 3.8) is 0 Å². The van der Waals surface area contributed by atoms with Crippen LogP contribution < -0.4 is 10.9 Å². The van der Waals surface area contributed by atoms with Gasteiger partial charge in [-0.15, -0.1) is 11.3 Å². The molecule has 0 aromatic carbocycles. The smallest absolute Gasteiger partial charge is 0.262 e. The molecule has 0 aliphatic heterocycles. The lowest BCUT2D eigenvalue weighted by Crippen LogP contribution is -2.52. The molecule has 1 aliphatic carbocycles.